The number of carbonyl (C=O) groups excluding carboxylic acids is 1. The molecule has 0 saturated carbocycles. The first-order valence-electron chi connectivity index (χ1n) is 8.20. The van der Waals surface area contributed by atoms with Crippen LogP contribution in [0, 0.1) is 0 Å². The molecular weight excluding hydrogens is 371 g/mol. The van der Waals surface area contributed by atoms with Crippen LogP contribution >= 0.6 is 23.2 Å². The number of fused-ring (bicyclic) bond motifs is 1. The van der Waals surface area contributed by atoms with Crippen molar-refractivity contribution in [2.24, 2.45) is 0 Å². The van der Waals surface area contributed by atoms with E-state index < -0.39 is 6.10 Å². The summed E-state index contributed by atoms with van der Waals surface area (Å²) in [6.45, 7) is 0.331. The van der Waals surface area contributed by atoms with Crippen LogP contribution in [0.3, 0.4) is 0 Å². The maximum absolute atomic E-state index is 12.0. The zero-order chi connectivity index (χ0) is 18.5. The lowest BCUT2D eigenvalue weighted by atomic mass is 9.99. The van der Waals surface area contributed by atoms with Gasteiger partial charge >= 0.3 is 6.03 Å². The van der Waals surface area contributed by atoms with Gasteiger partial charge in [0.05, 0.1) is 16.1 Å². The van der Waals surface area contributed by atoms with Gasteiger partial charge in [-0.15, -0.1) is 0 Å². The quantitative estimate of drug-likeness (QED) is 0.548. The number of rotatable bonds is 5. The molecule has 3 aromatic carbocycles. The van der Waals surface area contributed by atoms with E-state index in [1.165, 1.54) is 0 Å². The SMILES string of the molecule is O=C(NCCC(O)c1cccc2ccccc12)Nc1ccc(Cl)c(Cl)c1. The standard InChI is InChI=1S/C20H18Cl2N2O2/c21-17-9-8-14(12-18(17)22)24-20(26)23-11-10-19(25)16-7-3-5-13-4-1-2-6-15(13)16/h1-9,12,19,25H,10-11H2,(H2,23,24,26). The Morgan fingerprint density at radius 1 is 1.00 bits per heavy atom. The van der Waals surface area contributed by atoms with E-state index in [0.29, 0.717) is 28.7 Å². The molecule has 1 atom stereocenters. The van der Waals surface area contributed by atoms with Gasteiger partial charge in [0.25, 0.3) is 0 Å². The van der Waals surface area contributed by atoms with Gasteiger partial charge in [-0.25, -0.2) is 4.79 Å². The summed E-state index contributed by atoms with van der Waals surface area (Å²) >= 11 is 11.8. The van der Waals surface area contributed by atoms with Gasteiger partial charge < -0.3 is 15.7 Å². The lowest BCUT2D eigenvalue weighted by Crippen LogP contribution is -2.30. The molecule has 6 heteroatoms. The topological polar surface area (TPSA) is 61.4 Å². The summed E-state index contributed by atoms with van der Waals surface area (Å²) in [4.78, 5) is 12.0. The third-order valence-corrected chi connectivity index (χ3v) is 4.80. The van der Waals surface area contributed by atoms with Crippen LogP contribution in [0.5, 0.6) is 0 Å². The lowest BCUT2D eigenvalue weighted by molar-refractivity contribution is 0.169. The number of aliphatic hydroxyl groups excluding tert-OH is 1. The number of halogens is 2. The van der Waals surface area contributed by atoms with Crippen molar-refractivity contribution < 1.29 is 9.90 Å². The highest BCUT2D eigenvalue weighted by Gasteiger charge is 2.11. The third-order valence-electron chi connectivity index (χ3n) is 4.06. The fourth-order valence-electron chi connectivity index (χ4n) is 2.77. The van der Waals surface area contributed by atoms with Gasteiger partial charge in [-0.2, -0.15) is 0 Å². The maximum atomic E-state index is 12.0. The Morgan fingerprint density at radius 2 is 1.77 bits per heavy atom. The number of hydrogen-bond donors (Lipinski definition) is 3. The first-order chi connectivity index (χ1) is 12.5. The predicted molar refractivity (Wildman–Crippen MR) is 107 cm³/mol. The average Bonchev–Trinajstić information content (AvgIpc) is 2.64. The Hall–Kier alpha value is -2.27. The lowest BCUT2D eigenvalue weighted by Gasteiger charge is -2.14. The van der Waals surface area contributed by atoms with Gasteiger partial charge in [-0.1, -0.05) is 65.7 Å². The summed E-state index contributed by atoms with van der Waals surface area (Å²) in [7, 11) is 0. The summed E-state index contributed by atoms with van der Waals surface area (Å²) in [5.41, 5.74) is 1.40. The Kier molecular flexibility index (Phi) is 5.99. The summed E-state index contributed by atoms with van der Waals surface area (Å²) in [5.74, 6) is 0. The molecule has 3 N–H and O–H groups in total. The zero-order valence-corrected chi connectivity index (χ0v) is 15.4. The molecule has 0 radical (unpaired) electrons. The van der Waals surface area contributed by atoms with Crippen molar-refractivity contribution in [2.75, 3.05) is 11.9 Å². The summed E-state index contributed by atoms with van der Waals surface area (Å²) in [6.07, 6.45) is -0.255. The number of nitrogens with one attached hydrogen (secondary N) is 2. The molecule has 0 aromatic heterocycles. The van der Waals surface area contributed by atoms with Gasteiger partial charge in [0.2, 0.25) is 0 Å². The second-order valence-corrected chi connectivity index (χ2v) is 6.70. The van der Waals surface area contributed by atoms with Crippen molar-refractivity contribution in [3.63, 3.8) is 0 Å². The van der Waals surface area contributed by atoms with E-state index in [0.717, 1.165) is 16.3 Å². The molecule has 4 nitrogen and oxygen atoms in total. The van der Waals surface area contributed by atoms with E-state index in [1.54, 1.807) is 18.2 Å². The number of benzene rings is 3. The monoisotopic (exact) mass is 388 g/mol. The Bertz CT molecular complexity index is 925. The van der Waals surface area contributed by atoms with Crippen LogP contribution < -0.4 is 10.6 Å². The van der Waals surface area contributed by atoms with Crippen LogP contribution in [-0.2, 0) is 0 Å². The van der Waals surface area contributed by atoms with Crippen molar-refractivity contribution >= 4 is 45.7 Å². The first-order valence-corrected chi connectivity index (χ1v) is 8.96. The van der Waals surface area contributed by atoms with Gasteiger partial charge in [0, 0.05) is 12.2 Å². The first kappa shape index (κ1) is 18.5. The second kappa shape index (κ2) is 8.41. The van der Waals surface area contributed by atoms with Crippen LogP contribution in [0.1, 0.15) is 18.1 Å². The average molecular weight is 389 g/mol. The molecule has 0 aliphatic heterocycles. The molecule has 0 fully saturated rings. The van der Waals surface area contributed by atoms with E-state index in [9.17, 15) is 9.90 Å². The number of aliphatic hydroxyl groups is 1. The fraction of sp³-hybridized carbons (Fsp3) is 0.150. The molecule has 0 heterocycles. The number of anilines is 1. The Balaban J connectivity index is 1.55. The van der Waals surface area contributed by atoms with E-state index in [4.69, 9.17) is 23.2 Å². The number of urea groups is 1. The molecule has 0 aliphatic carbocycles. The predicted octanol–water partition coefficient (Wildman–Crippen LogP) is 5.39. The van der Waals surface area contributed by atoms with E-state index in [2.05, 4.69) is 10.6 Å². The largest absolute Gasteiger partial charge is 0.388 e. The normalized spacial score (nSPS) is 12.0. The van der Waals surface area contributed by atoms with Crippen molar-refractivity contribution in [2.45, 2.75) is 12.5 Å². The molecule has 134 valence electrons. The van der Waals surface area contributed by atoms with Crippen LogP contribution in [0.25, 0.3) is 10.8 Å². The molecule has 0 bridgehead atoms. The molecule has 3 rings (SSSR count). The summed E-state index contributed by atoms with van der Waals surface area (Å²) in [5, 5.41) is 18.8. The molecular formula is C20H18Cl2N2O2. The van der Waals surface area contributed by atoms with Crippen molar-refractivity contribution in [1.82, 2.24) is 5.32 Å². The van der Waals surface area contributed by atoms with Crippen molar-refractivity contribution in [3.05, 3.63) is 76.3 Å². The second-order valence-electron chi connectivity index (χ2n) is 5.88. The maximum Gasteiger partial charge on any atom is 0.319 e. The van der Waals surface area contributed by atoms with Gasteiger partial charge in [-0.3, -0.25) is 0 Å². The minimum Gasteiger partial charge on any atom is -0.388 e. The molecule has 0 spiro atoms. The van der Waals surface area contributed by atoms with E-state index in [-0.39, 0.29) is 6.03 Å². The van der Waals surface area contributed by atoms with Crippen molar-refractivity contribution in [3.8, 4) is 0 Å². The summed E-state index contributed by atoms with van der Waals surface area (Å²) in [6, 6.07) is 18.2. The molecule has 0 aliphatic rings. The van der Waals surface area contributed by atoms with Crippen LogP contribution in [0.2, 0.25) is 10.0 Å². The van der Waals surface area contributed by atoms with E-state index in [1.807, 2.05) is 42.5 Å². The number of amides is 2. The minimum absolute atomic E-state index is 0.331. The fourth-order valence-corrected chi connectivity index (χ4v) is 3.07. The number of hydrogen-bond acceptors (Lipinski definition) is 2. The molecule has 2 amide bonds. The molecule has 0 saturated heterocycles. The van der Waals surface area contributed by atoms with Crippen LogP contribution in [-0.4, -0.2) is 17.7 Å². The molecule has 1 unspecified atom stereocenters. The highest BCUT2D eigenvalue weighted by Crippen LogP contribution is 2.26. The Morgan fingerprint density at radius 3 is 2.58 bits per heavy atom. The molecule has 3 aromatic rings. The minimum atomic E-state index is -0.661. The highest BCUT2D eigenvalue weighted by molar-refractivity contribution is 6.42. The smallest absolute Gasteiger partial charge is 0.319 e. The van der Waals surface area contributed by atoms with Gasteiger partial charge in [0.15, 0.2) is 0 Å². The van der Waals surface area contributed by atoms with E-state index >= 15 is 0 Å². The highest BCUT2D eigenvalue weighted by atomic mass is 35.5. The third kappa shape index (κ3) is 4.47. The van der Waals surface area contributed by atoms with Crippen LogP contribution in [0.4, 0.5) is 10.5 Å². The number of carbonyl (C=O) groups is 1. The van der Waals surface area contributed by atoms with Crippen molar-refractivity contribution in [1.29, 1.82) is 0 Å². The van der Waals surface area contributed by atoms with Gasteiger partial charge in [0.1, 0.15) is 0 Å². The van der Waals surface area contributed by atoms with Crippen LogP contribution in [0.15, 0.2) is 60.7 Å². The van der Waals surface area contributed by atoms with Gasteiger partial charge in [-0.05, 0) is 41.0 Å². The summed E-state index contributed by atoms with van der Waals surface area (Å²) < 4.78 is 0. The molecule has 26 heavy (non-hydrogen) atoms. The zero-order valence-electron chi connectivity index (χ0n) is 13.9. The Labute approximate surface area is 161 Å².